The molecule has 0 saturated carbocycles. The summed E-state index contributed by atoms with van der Waals surface area (Å²) in [7, 11) is 0.340. The highest BCUT2D eigenvalue weighted by molar-refractivity contribution is 6.89. The molecule has 0 spiro atoms. The van der Waals surface area contributed by atoms with Crippen molar-refractivity contribution in [2.24, 2.45) is 5.92 Å². The summed E-state index contributed by atoms with van der Waals surface area (Å²) < 4.78 is 6.02. The Morgan fingerprint density at radius 2 is 1.52 bits per heavy atom. The van der Waals surface area contributed by atoms with Crippen molar-refractivity contribution in [2.75, 3.05) is 7.11 Å². The number of benzene rings is 1. The summed E-state index contributed by atoms with van der Waals surface area (Å²) in [6.07, 6.45) is 0. The topological polar surface area (TPSA) is 9.23 Å². The van der Waals surface area contributed by atoms with Crippen molar-refractivity contribution >= 4 is 13.3 Å². The van der Waals surface area contributed by atoms with E-state index in [-0.39, 0.29) is 5.41 Å². The van der Waals surface area contributed by atoms with E-state index in [1.807, 2.05) is 7.11 Å². The summed E-state index contributed by atoms with van der Waals surface area (Å²) >= 11 is 0. The van der Waals surface area contributed by atoms with Gasteiger partial charge in [-0.1, -0.05) is 69.3 Å². The smallest absolute Gasteiger partial charge is 0.122 e. The molecular weight excluding hydrogens is 320 g/mol. The van der Waals surface area contributed by atoms with Crippen LogP contribution in [0.3, 0.4) is 0 Å². The molecular formula is C23H36OSi. The molecule has 0 heterocycles. The lowest BCUT2D eigenvalue weighted by Gasteiger charge is -2.34. The normalized spacial score (nSPS) is 19.1. The molecule has 0 radical (unpaired) electrons. The van der Waals surface area contributed by atoms with Gasteiger partial charge in [0.15, 0.2) is 0 Å². The van der Waals surface area contributed by atoms with E-state index < -0.39 is 8.07 Å². The van der Waals surface area contributed by atoms with Gasteiger partial charge in [0.2, 0.25) is 0 Å². The first-order chi connectivity index (χ1) is 11.3. The van der Waals surface area contributed by atoms with Gasteiger partial charge in [0.05, 0.1) is 15.2 Å². The maximum absolute atomic E-state index is 6.02. The van der Waals surface area contributed by atoms with Crippen LogP contribution in [0.15, 0.2) is 34.4 Å². The fraction of sp³-hybridized carbons (Fsp3) is 0.565. The second kappa shape index (κ2) is 6.46. The Labute approximate surface area is 156 Å². The van der Waals surface area contributed by atoms with Crippen molar-refractivity contribution in [3.63, 3.8) is 0 Å². The molecule has 0 aliphatic heterocycles. The van der Waals surface area contributed by atoms with Gasteiger partial charge in [-0.2, -0.15) is 0 Å². The molecule has 2 rings (SSSR count). The Balaban J connectivity index is 2.80. The number of rotatable bonds is 4. The van der Waals surface area contributed by atoms with Crippen LogP contribution in [0.5, 0.6) is 5.75 Å². The Morgan fingerprint density at radius 1 is 0.960 bits per heavy atom. The molecule has 138 valence electrons. The summed E-state index contributed by atoms with van der Waals surface area (Å²) in [6, 6.07) is 4.69. The Morgan fingerprint density at radius 3 is 1.92 bits per heavy atom. The fourth-order valence-corrected chi connectivity index (χ4v) is 6.05. The molecule has 0 fully saturated rings. The van der Waals surface area contributed by atoms with Crippen molar-refractivity contribution in [1.82, 2.24) is 0 Å². The third-order valence-corrected chi connectivity index (χ3v) is 8.19. The van der Waals surface area contributed by atoms with Crippen LogP contribution in [0.4, 0.5) is 0 Å². The highest BCUT2D eigenvalue weighted by Crippen LogP contribution is 2.48. The van der Waals surface area contributed by atoms with Gasteiger partial charge in [-0.15, -0.1) is 0 Å². The molecule has 0 saturated heterocycles. The average Bonchev–Trinajstić information content (AvgIpc) is 2.69. The number of hydrogen-bond acceptors (Lipinski definition) is 1. The van der Waals surface area contributed by atoms with E-state index in [0.717, 1.165) is 5.75 Å². The monoisotopic (exact) mass is 356 g/mol. The third-order valence-electron chi connectivity index (χ3n) is 6.20. The summed E-state index contributed by atoms with van der Waals surface area (Å²) in [5.41, 5.74) is 8.60. The minimum atomic E-state index is -1.49. The van der Waals surface area contributed by atoms with Crippen LogP contribution >= 0.6 is 0 Å². The predicted molar refractivity (Wildman–Crippen MR) is 114 cm³/mol. The van der Waals surface area contributed by atoms with Crippen molar-refractivity contribution in [2.45, 2.75) is 73.5 Å². The van der Waals surface area contributed by atoms with Crippen LogP contribution in [0, 0.1) is 12.8 Å². The average molecular weight is 357 g/mol. The van der Waals surface area contributed by atoms with Crippen LogP contribution in [0.1, 0.15) is 52.7 Å². The van der Waals surface area contributed by atoms with Crippen LogP contribution in [0.25, 0.3) is 0 Å². The van der Waals surface area contributed by atoms with Crippen molar-refractivity contribution < 1.29 is 4.74 Å². The van der Waals surface area contributed by atoms with Gasteiger partial charge in [0.1, 0.15) is 5.75 Å². The van der Waals surface area contributed by atoms with Gasteiger partial charge in [-0.05, 0) is 49.9 Å². The van der Waals surface area contributed by atoms with Gasteiger partial charge in [0, 0.05) is 11.0 Å². The van der Waals surface area contributed by atoms with E-state index in [0.29, 0.717) is 5.92 Å². The van der Waals surface area contributed by atoms with Gasteiger partial charge < -0.3 is 4.74 Å². The summed E-state index contributed by atoms with van der Waals surface area (Å²) in [5.74, 6) is 1.65. The number of allylic oxidation sites excluding steroid dienone is 4. The molecule has 25 heavy (non-hydrogen) atoms. The SMILES string of the molecule is COc1c(C(C)(C)C2=C(C)C(C)C(C)=C2C)cc(C)cc1[Si](C)(C)C. The Kier molecular flexibility index (Phi) is 5.18. The van der Waals surface area contributed by atoms with Crippen LogP contribution in [-0.2, 0) is 5.41 Å². The first-order valence-corrected chi connectivity index (χ1v) is 12.9. The zero-order valence-electron chi connectivity index (χ0n) is 18.1. The molecule has 1 unspecified atom stereocenters. The summed E-state index contributed by atoms with van der Waals surface area (Å²) in [4.78, 5) is 0. The van der Waals surface area contributed by atoms with E-state index in [1.165, 1.54) is 38.6 Å². The highest BCUT2D eigenvalue weighted by Gasteiger charge is 2.38. The lowest BCUT2D eigenvalue weighted by molar-refractivity contribution is 0.403. The van der Waals surface area contributed by atoms with Gasteiger partial charge in [-0.3, -0.25) is 0 Å². The second-order valence-electron chi connectivity index (χ2n) is 9.36. The number of hydrogen-bond donors (Lipinski definition) is 0. The molecule has 1 atom stereocenters. The van der Waals surface area contributed by atoms with Crippen molar-refractivity contribution in [1.29, 1.82) is 0 Å². The Bertz CT molecular complexity index is 757. The molecule has 2 heteroatoms. The standard InChI is InChI=1S/C23H36OSi/c1-14-12-19(22(24-8)20(13-14)25(9,10)11)23(6,7)21-17(4)15(2)16(3)18(21)5/h12-13,15H,1-11H3. The molecule has 1 aliphatic carbocycles. The van der Waals surface area contributed by atoms with E-state index in [2.05, 4.69) is 80.2 Å². The summed E-state index contributed by atoms with van der Waals surface area (Å²) in [6.45, 7) is 23.4. The largest absolute Gasteiger partial charge is 0.497 e. The Hall–Kier alpha value is -1.28. The van der Waals surface area contributed by atoms with Crippen molar-refractivity contribution in [3.8, 4) is 5.75 Å². The van der Waals surface area contributed by atoms with Crippen LogP contribution in [0.2, 0.25) is 19.6 Å². The fourth-order valence-electron chi connectivity index (χ4n) is 4.47. The van der Waals surface area contributed by atoms with E-state index in [9.17, 15) is 0 Å². The molecule has 1 nitrogen and oxygen atoms in total. The lowest BCUT2D eigenvalue weighted by atomic mass is 9.73. The molecule has 1 aromatic rings. The molecule has 1 aliphatic rings. The maximum atomic E-state index is 6.02. The van der Waals surface area contributed by atoms with E-state index in [1.54, 1.807) is 0 Å². The van der Waals surface area contributed by atoms with Gasteiger partial charge in [0.25, 0.3) is 0 Å². The van der Waals surface area contributed by atoms with E-state index in [4.69, 9.17) is 4.74 Å². The first kappa shape index (κ1) is 20.0. The first-order valence-electron chi connectivity index (χ1n) is 9.42. The lowest BCUT2D eigenvalue weighted by Crippen LogP contribution is -2.40. The quantitative estimate of drug-likeness (QED) is 0.590. The predicted octanol–water partition coefficient (Wildman–Crippen LogP) is 6.13. The van der Waals surface area contributed by atoms with Gasteiger partial charge >= 0.3 is 0 Å². The molecule has 0 N–H and O–H groups in total. The molecule has 0 bridgehead atoms. The zero-order chi connectivity index (χ0) is 19.3. The zero-order valence-corrected chi connectivity index (χ0v) is 19.1. The van der Waals surface area contributed by atoms with Crippen molar-refractivity contribution in [3.05, 3.63) is 45.6 Å². The highest BCUT2D eigenvalue weighted by atomic mass is 28.3. The van der Waals surface area contributed by atoms with Crippen LogP contribution < -0.4 is 9.92 Å². The van der Waals surface area contributed by atoms with E-state index >= 15 is 0 Å². The second-order valence-corrected chi connectivity index (χ2v) is 14.4. The third kappa shape index (κ3) is 3.26. The number of methoxy groups -OCH3 is 1. The number of aryl methyl sites for hydroxylation is 1. The summed E-state index contributed by atoms with van der Waals surface area (Å²) in [5, 5.41) is 1.43. The maximum Gasteiger partial charge on any atom is 0.122 e. The molecule has 1 aromatic carbocycles. The molecule has 0 amide bonds. The van der Waals surface area contributed by atoms with Gasteiger partial charge in [-0.25, -0.2) is 0 Å². The minimum absolute atomic E-state index is 0.0635. The number of ether oxygens (including phenoxy) is 1. The van der Waals surface area contributed by atoms with Crippen LogP contribution in [-0.4, -0.2) is 15.2 Å². The molecule has 0 aromatic heterocycles. The minimum Gasteiger partial charge on any atom is -0.497 e.